The summed E-state index contributed by atoms with van der Waals surface area (Å²) in [5.74, 6) is 0.951. The monoisotopic (exact) mass is 278 g/mol. The van der Waals surface area contributed by atoms with Gasteiger partial charge >= 0.3 is 0 Å². The van der Waals surface area contributed by atoms with Crippen LogP contribution in [0.25, 0.3) is 0 Å². The molecule has 0 heterocycles. The second kappa shape index (κ2) is 7.29. The highest BCUT2D eigenvalue weighted by molar-refractivity contribution is 5.85. The van der Waals surface area contributed by atoms with Crippen molar-refractivity contribution < 1.29 is 9.53 Å². The van der Waals surface area contributed by atoms with Crippen molar-refractivity contribution in [3.05, 3.63) is 29.8 Å². The Bertz CT molecular complexity index is 444. The largest absolute Gasteiger partial charge is 0.491 e. The highest BCUT2D eigenvalue weighted by atomic mass is 16.5. The highest BCUT2D eigenvalue weighted by Crippen LogP contribution is 2.16. The van der Waals surface area contributed by atoms with Gasteiger partial charge in [0.25, 0.3) is 0 Å². The number of carbonyl (C=O) groups is 1. The van der Waals surface area contributed by atoms with E-state index in [0.717, 1.165) is 17.9 Å². The first-order valence-corrected chi connectivity index (χ1v) is 7.07. The third-order valence-electron chi connectivity index (χ3n) is 3.28. The molecule has 1 amide bonds. The van der Waals surface area contributed by atoms with Gasteiger partial charge in [0.1, 0.15) is 12.4 Å². The van der Waals surface area contributed by atoms with E-state index in [-0.39, 0.29) is 5.91 Å². The van der Waals surface area contributed by atoms with E-state index >= 15 is 0 Å². The van der Waals surface area contributed by atoms with Crippen LogP contribution in [0.3, 0.4) is 0 Å². The van der Waals surface area contributed by atoms with Crippen molar-refractivity contribution in [2.24, 2.45) is 0 Å². The van der Waals surface area contributed by atoms with E-state index in [9.17, 15) is 4.79 Å². The number of rotatable bonds is 7. The molecule has 112 valence electrons. The Hall–Kier alpha value is -1.55. The third-order valence-corrected chi connectivity index (χ3v) is 3.28. The molecule has 1 aromatic carbocycles. The number of carbonyl (C=O) groups excluding carboxylic acids is 1. The summed E-state index contributed by atoms with van der Waals surface area (Å²) in [6.07, 6.45) is 0. The fraction of sp³-hybridized carbons (Fsp3) is 0.562. The van der Waals surface area contributed by atoms with E-state index < -0.39 is 5.54 Å². The molecule has 20 heavy (non-hydrogen) atoms. The summed E-state index contributed by atoms with van der Waals surface area (Å²) >= 11 is 0. The topological polar surface area (TPSA) is 41.6 Å². The average Bonchev–Trinajstić information content (AvgIpc) is 2.40. The number of amides is 1. The summed E-state index contributed by atoms with van der Waals surface area (Å²) in [6, 6.07) is 7.89. The van der Waals surface area contributed by atoms with Crippen LogP contribution in [0.5, 0.6) is 5.75 Å². The first-order chi connectivity index (χ1) is 9.38. The van der Waals surface area contributed by atoms with Gasteiger partial charge in [0, 0.05) is 7.05 Å². The van der Waals surface area contributed by atoms with Gasteiger partial charge in [0.2, 0.25) is 5.91 Å². The van der Waals surface area contributed by atoms with Gasteiger partial charge in [-0.1, -0.05) is 25.1 Å². The minimum atomic E-state index is -0.536. The lowest BCUT2D eigenvalue weighted by molar-refractivity contribution is -0.136. The van der Waals surface area contributed by atoms with Crippen LogP contribution in [0.2, 0.25) is 0 Å². The van der Waals surface area contributed by atoms with Crippen molar-refractivity contribution in [1.82, 2.24) is 10.2 Å². The molecule has 0 aliphatic carbocycles. The van der Waals surface area contributed by atoms with Crippen LogP contribution >= 0.6 is 0 Å². The Kier molecular flexibility index (Phi) is 6.02. The molecule has 0 unspecified atom stereocenters. The fourth-order valence-electron chi connectivity index (χ4n) is 2.11. The lowest BCUT2D eigenvalue weighted by atomic mass is 10.0. The first-order valence-electron chi connectivity index (χ1n) is 7.07. The van der Waals surface area contributed by atoms with E-state index in [1.807, 2.05) is 59.0 Å². The summed E-state index contributed by atoms with van der Waals surface area (Å²) in [6.45, 7) is 9.65. The number of likely N-dealkylation sites (N-methyl/N-ethyl adjacent to an activating group) is 2. The molecule has 0 aliphatic heterocycles. The molecule has 0 bridgehead atoms. The van der Waals surface area contributed by atoms with Gasteiger partial charge < -0.3 is 15.0 Å². The summed E-state index contributed by atoms with van der Waals surface area (Å²) in [7, 11) is 1.81. The van der Waals surface area contributed by atoms with Crippen molar-refractivity contribution in [3.63, 3.8) is 0 Å². The number of nitrogens with one attached hydrogen (secondary N) is 1. The van der Waals surface area contributed by atoms with E-state index in [4.69, 9.17) is 4.74 Å². The number of benzene rings is 1. The fourth-order valence-corrected chi connectivity index (χ4v) is 2.11. The third kappa shape index (κ3) is 4.53. The molecule has 0 radical (unpaired) electrons. The molecule has 0 aliphatic rings. The van der Waals surface area contributed by atoms with Crippen LogP contribution in [0.15, 0.2) is 24.3 Å². The molecule has 4 heteroatoms. The van der Waals surface area contributed by atoms with Crippen LogP contribution < -0.4 is 10.1 Å². The van der Waals surface area contributed by atoms with E-state index in [1.54, 1.807) is 4.90 Å². The molecule has 0 saturated carbocycles. The van der Waals surface area contributed by atoms with E-state index in [2.05, 4.69) is 5.32 Å². The molecular formula is C16H26N2O2. The number of aryl methyl sites for hydroxylation is 1. The maximum atomic E-state index is 12.3. The van der Waals surface area contributed by atoms with Crippen molar-refractivity contribution >= 4 is 5.91 Å². The van der Waals surface area contributed by atoms with Gasteiger partial charge in [0.15, 0.2) is 0 Å². The van der Waals surface area contributed by atoms with Gasteiger partial charge in [-0.3, -0.25) is 4.79 Å². The van der Waals surface area contributed by atoms with Crippen LogP contribution in [0.4, 0.5) is 0 Å². The summed E-state index contributed by atoms with van der Waals surface area (Å²) in [5, 5.41) is 3.19. The molecule has 0 atom stereocenters. The molecule has 0 saturated heterocycles. The summed E-state index contributed by atoms with van der Waals surface area (Å²) in [4.78, 5) is 14.0. The number of hydrogen-bond acceptors (Lipinski definition) is 3. The Morgan fingerprint density at radius 3 is 2.60 bits per heavy atom. The van der Waals surface area contributed by atoms with E-state index in [1.165, 1.54) is 0 Å². The average molecular weight is 278 g/mol. The van der Waals surface area contributed by atoms with Crippen LogP contribution in [0.1, 0.15) is 26.3 Å². The number of ether oxygens (including phenoxy) is 1. The van der Waals surface area contributed by atoms with Crippen molar-refractivity contribution in [2.75, 3.05) is 26.7 Å². The van der Waals surface area contributed by atoms with Gasteiger partial charge in [-0.2, -0.15) is 0 Å². The second-order valence-electron chi connectivity index (χ2n) is 5.50. The molecular weight excluding hydrogens is 252 g/mol. The number of hydrogen-bond donors (Lipinski definition) is 1. The molecule has 4 nitrogen and oxygen atoms in total. The van der Waals surface area contributed by atoms with Gasteiger partial charge in [-0.05, 0) is 38.9 Å². The van der Waals surface area contributed by atoms with Crippen LogP contribution in [-0.4, -0.2) is 43.1 Å². The Labute approximate surface area is 122 Å². The Morgan fingerprint density at radius 1 is 1.35 bits per heavy atom. The molecule has 1 aromatic rings. The Morgan fingerprint density at radius 2 is 2.00 bits per heavy atom. The van der Waals surface area contributed by atoms with Crippen molar-refractivity contribution in [2.45, 2.75) is 33.2 Å². The number of para-hydroxylation sites is 1. The maximum absolute atomic E-state index is 12.3. The zero-order chi connectivity index (χ0) is 15.2. The first kappa shape index (κ1) is 16.5. The lowest BCUT2D eigenvalue weighted by Crippen LogP contribution is -2.53. The molecule has 1 rings (SSSR count). The van der Waals surface area contributed by atoms with Crippen LogP contribution in [0, 0.1) is 6.92 Å². The summed E-state index contributed by atoms with van der Waals surface area (Å²) < 4.78 is 5.72. The predicted molar refractivity (Wildman–Crippen MR) is 82.1 cm³/mol. The van der Waals surface area contributed by atoms with Gasteiger partial charge in [0.05, 0.1) is 12.1 Å². The quantitative estimate of drug-likeness (QED) is 0.831. The maximum Gasteiger partial charge on any atom is 0.242 e. The smallest absolute Gasteiger partial charge is 0.242 e. The molecule has 0 aromatic heterocycles. The highest BCUT2D eigenvalue weighted by Gasteiger charge is 2.28. The van der Waals surface area contributed by atoms with Gasteiger partial charge in [-0.25, -0.2) is 0 Å². The van der Waals surface area contributed by atoms with Crippen molar-refractivity contribution in [1.29, 1.82) is 0 Å². The second-order valence-corrected chi connectivity index (χ2v) is 5.50. The Balaban J connectivity index is 2.46. The zero-order valence-corrected chi connectivity index (χ0v) is 13.2. The van der Waals surface area contributed by atoms with E-state index in [0.29, 0.717) is 13.2 Å². The minimum absolute atomic E-state index is 0.0766. The number of nitrogens with zero attached hydrogens (tertiary/aromatic N) is 1. The normalized spacial score (nSPS) is 11.2. The standard InChI is InChI=1S/C16H26N2O2/c1-6-17-16(3,4)15(19)18(5)11-12-20-14-10-8-7-9-13(14)2/h7-10,17H,6,11-12H2,1-5H3. The zero-order valence-electron chi connectivity index (χ0n) is 13.2. The summed E-state index contributed by atoms with van der Waals surface area (Å²) in [5.41, 5.74) is 0.570. The molecule has 0 spiro atoms. The molecule has 0 fully saturated rings. The lowest BCUT2D eigenvalue weighted by Gasteiger charge is -2.30. The predicted octanol–water partition coefficient (Wildman–Crippen LogP) is 2.22. The van der Waals surface area contributed by atoms with Gasteiger partial charge in [-0.15, -0.1) is 0 Å². The van der Waals surface area contributed by atoms with Crippen LogP contribution in [-0.2, 0) is 4.79 Å². The van der Waals surface area contributed by atoms with Crippen molar-refractivity contribution in [3.8, 4) is 5.75 Å². The SMILES string of the molecule is CCNC(C)(C)C(=O)N(C)CCOc1ccccc1C. The molecule has 1 N–H and O–H groups in total. The minimum Gasteiger partial charge on any atom is -0.491 e.